The third-order valence-corrected chi connectivity index (χ3v) is 2.07. The van der Waals surface area contributed by atoms with Crippen LogP contribution in [0.1, 0.15) is 11.4 Å². The van der Waals surface area contributed by atoms with Gasteiger partial charge in [-0.1, -0.05) is 12.1 Å². The molecule has 0 atom stereocenters. The van der Waals surface area contributed by atoms with Crippen LogP contribution in [0.3, 0.4) is 0 Å². The summed E-state index contributed by atoms with van der Waals surface area (Å²) in [6.45, 7) is 1.77. The number of aromatic nitrogens is 2. The summed E-state index contributed by atoms with van der Waals surface area (Å²) in [5.74, 6) is 0.474. The molecule has 17 heavy (non-hydrogen) atoms. The van der Waals surface area contributed by atoms with E-state index in [0.717, 1.165) is 0 Å². The van der Waals surface area contributed by atoms with Crippen molar-refractivity contribution in [3.8, 4) is 17.8 Å². The van der Waals surface area contributed by atoms with Crippen molar-refractivity contribution in [3.63, 3.8) is 0 Å². The van der Waals surface area contributed by atoms with Gasteiger partial charge in [-0.25, -0.2) is 4.98 Å². The first-order valence-electron chi connectivity index (χ1n) is 4.97. The van der Waals surface area contributed by atoms with E-state index in [1.54, 1.807) is 37.3 Å². The van der Waals surface area contributed by atoms with E-state index in [2.05, 4.69) is 9.97 Å². The molecule has 5 nitrogen and oxygen atoms in total. The molecular weight excluding hydrogens is 216 g/mol. The van der Waals surface area contributed by atoms with Gasteiger partial charge in [-0.15, -0.1) is 0 Å². The molecule has 0 fully saturated rings. The van der Waals surface area contributed by atoms with E-state index in [0.29, 0.717) is 17.1 Å². The Bertz CT molecular complexity index is 589. The normalized spacial score (nSPS) is 9.65. The highest BCUT2D eigenvalue weighted by atomic mass is 16.5. The molecule has 0 unspecified atom stereocenters. The second kappa shape index (κ2) is 4.49. The number of anilines is 1. The molecule has 0 saturated carbocycles. The van der Waals surface area contributed by atoms with E-state index in [9.17, 15) is 0 Å². The Labute approximate surface area is 98.5 Å². The molecule has 0 aliphatic heterocycles. The van der Waals surface area contributed by atoms with E-state index in [4.69, 9.17) is 15.7 Å². The van der Waals surface area contributed by atoms with Crippen molar-refractivity contribution in [1.82, 2.24) is 9.97 Å². The lowest BCUT2D eigenvalue weighted by Gasteiger charge is -2.06. The molecule has 0 aliphatic rings. The minimum atomic E-state index is 0.124. The van der Waals surface area contributed by atoms with Gasteiger partial charge in [0.1, 0.15) is 11.8 Å². The van der Waals surface area contributed by atoms with Gasteiger partial charge < -0.3 is 10.5 Å². The van der Waals surface area contributed by atoms with Gasteiger partial charge >= 0.3 is 6.01 Å². The third-order valence-electron chi connectivity index (χ3n) is 2.07. The van der Waals surface area contributed by atoms with Crippen molar-refractivity contribution < 1.29 is 4.74 Å². The van der Waals surface area contributed by atoms with Crippen molar-refractivity contribution in [2.45, 2.75) is 6.92 Å². The second-order valence-electron chi connectivity index (χ2n) is 3.43. The second-order valence-corrected chi connectivity index (χ2v) is 3.43. The smallest absolute Gasteiger partial charge is 0.323 e. The molecule has 84 valence electrons. The monoisotopic (exact) mass is 226 g/mol. The Morgan fingerprint density at radius 1 is 1.29 bits per heavy atom. The lowest BCUT2D eigenvalue weighted by molar-refractivity contribution is 0.442. The molecule has 1 heterocycles. The molecule has 0 bridgehead atoms. The summed E-state index contributed by atoms with van der Waals surface area (Å²) >= 11 is 0. The standard InChI is InChI=1S/C12H10N4O/c1-8-6-9(7-13)16-12(15-8)17-11-5-3-2-4-10(11)14/h2-6H,14H2,1H3. The van der Waals surface area contributed by atoms with Crippen LogP contribution in [-0.4, -0.2) is 9.97 Å². The number of nitrogens with zero attached hydrogens (tertiary/aromatic N) is 3. The van der Waals surface area contributed by atoms with Crippen LogP contribution in [0.4, 0.5) is 5.69 Å². The average molecular weight is 226 g/mol. The van der Waals surface area contributed by atoms with Crippen LogP contribution >= 0.6 is 0 Å². The molecule has 2 rings (SSSR count). The predicted molar refractivity (Wildman–Crippen MR) is 62.4 cm³/mol. The maximum absolute atomic E-state index is 8.79. The van der Waals surface area contributed by atoms with Crippen LogP contribution in [-0.2, 0) is 0 Å². The van der Waals surface area contributed by atoms with Crippen LogP contribution in [0.2, 0.25) is 0 Å². The predicted octanol–water partition coefficient (Wildman–Crippen LogP) is 2.03. The fourth-order valence-electron chi connectivity index (χ4n) is 1.32. The Morgan fingerprint density at radius 2 is 2.06 bits per heavy atom. The number of benzene rings is 1. The van der Waals surface area contributed by atoms with Crippen LogP contribution in [0.5, 0.6) is 11.8 Å². The Balaban J connectivity index is 2.34. The van der Waals surface area contributed by atoms with Gasteiger partial charge in [0, 0.05) is 5.69 Å². The Morgan fingerprint density at radius 3 is 2.76 bits per heavy atom. The number of rotatable bonds is 2. The zero-order chi connectivity index (χ0) is 12.3. The van der Waals surface area contributed by atoms with Crippen LogP contribution in [0.15, 0.2) is 30.3 Å². The van der Waals surface area contributed by atoms with E-state index >= 15 is 0 Å². The number of nitrogens with two attached hydrogens (primary N) is 1. The highest BCUT2D eigenvalue weighted by Gasteiger charge is 2.06. The van der Waals surface area contributed by atoms with Gasteiger partial charge in [-0.3, -0.25) is 0 Å². The van der Waals surface area contributed by atoms with Crippen molar-refractivity contribution in [1.29, 1.82) is 5.26 Å². The highest BCUT2D eigenvalue weighted by Crippen LogP contribution is 2.24. The molecule has 5 heteroatoms. The minimum Gasteiger partial charge on any atom is -0.422 e. The summed E-state index contributed by atoms with van der Waals surface area (Å²) in [5.41, 5.74) is 7.16. The van der Waals surface area contributed by atoms with Gasteiger partial charge in [-0.2, -0.15) is 10.2 Å². The maximum atomic E-state index is 8.79. The van der Waals surface area contributed by atoms with E-state index in [1.165, 1.54) is 0 Å². The lowest BCUT2D eigenvalue weighted by atomic mass is 10.3. The number of aryl methyl sites for hydroxylation is 1. The summed E-state index contributed by atoms with van der Waals surface area (Å²) in [4.78, 5) is 8.02. The van der Waals surface area contributed by atoms with Gasteiger partial charge in [0.15, 0.2) is 5.75 Å². The first-order valence-corrected chi connectivity index (χ1v) is 4.97. The summed E-state index contributed by atoms with van der Waals surface area (Å²) < 4.78 is 5.43. The van der Waals surface area contributed by atoms with E-state index in [-0.39, 0.29) is 11.7 Å². The molecule has 0 amide bonds. The van der Waals surface area contributed by atoms with E-state index in [1.807, 2.05) is 6.07 Å². The number of nitrogen functional groups attached to an aromatic ring is 1. The zero-order valence-electron chi connectivity index (χ0n) is 9.21. The zero-order valence-corrected chi connectivity index (χ0v) is 9.21. The third kappa shape index (κ3) is 2.49. The first kappa shape index (κ1) is 10.9. The fraction of sp³-hybridized carbons (Fsp3) is 0.0833. The fourth-order valence-corrected chi connectivity index (χ4v) is 1.32. The van der Waals surface area contributed by atoms with Gasteiger partial charge in [0.05, 0.1) is 5.69 Å². The molecule has 2 N–H and O–H groups in total. The van der Waals surface area contributed by atoms with Crippen LogP contribution in [0, 0.1) is 18.3 Å². The molecule has 0 saturated heterocycles. The number of para-hydroxylation sites is 2. The minimum absolute atomic E-state index is 0.124. The number of hydrogen-bond acceptors (Lipinski definition) is 5. The average Bonchev–Trinajstić information content (AvgIpc) is 2.31. The molecule has 0 spiro atoms. The Hall–Kier alpha value is -2.61. The van der Waals surface area contributed by atoms with Crippen molar-refractivity contribution in [2.24, 2.45) is 0 Å². The largest absolute Gasteiger partial charge is 0.422 e. The van der Waals surface area contributed by atoms with Crippen LogP contribution < -0.4 is 10.5 Å². The summed E-state index contributed by atoms with van der Waals surface area (Å²) in [6, 6.07) is 10.7. The molecule has 2 aromatic rings. The van der Waals surface area contributed by atoms with Crippen molar-refractivity contribution >= 4 is 5.69 Å². The topological polar surface area (TPSA) is 84.8 Å². The number of nitriles is 1. The maximum Gasteiger partial charge on any atom is 0.323 e. The molecule has 1 aromatic carbocycles. The van der Waals surface area contributed by atoms with Gasteiger partial charge in [-0.05, 0) is 25.1 Å². The lowest BCUT2D eigenvalue weighted by Crippen LogP contribution is -1.98. The SMILES string of the molecule is Cc1cc(C#N)nc(Oc2ccccc2N)n1. The van der Waals surface area contributed by atoms with Gasteiger partial charge in [0.25, 0.3) is 0 Å². The van der Waals surface area contributed by atoms with Gasteiger partial charge in [0.2, 0.25) is 0 Å². The summed E-state index contributed by atoms with van der Waals surface area (Å²) in [6.07, 6.45) is 0. The first-order chi connectivity index (χ1) is 8.19. The van der Waals surface area contributed by atoms with Crippen molar-refractivity contribution in [3.05, 3.63) is 41.7 Å². The molecular formula is C12H10N4O. The summed E-state index contributed by atoms with van der Waals surface area (Å²) in [7, 11) is 0. The molecule has 0 aliphatic carbocycles. The van der Waals surface area contributed by atoms with Crippen molar-refractivity contribution in [2.75, 3.05) is 5.73 Å². The number of hydrogen-bond donors (Lipinski definition) is 1. The number of ether oxygens (including phenoxy) is 1. The molecule has 1 aromatic heterocycles. The quantitative estimate of drug-likeness (QED) is 0.792. The summed E-state index contributed by atoms with van der Waals surface area (Å²) in [5, 5.41) is 8.79. The highest BCUT2D eigenvalue weighted by molar-refractivity contribution is 5.52. The van der Waals surface area contributed by atoms with E-state index < -0.39 is 0 Å². The molecule has 0 radical (unpaired) electrons. The van der Waals surface area contributed by atoms with Crippen LogP contribution in [0.25, 0.3) is 0 Å². The Kier molecular flexibility index (Phi) is 2.88.